The molecule has 1 aromatic carbocycles. The first-order valence-corrected chi connectivity index (χ1v) is 9.34. The van der Waals surface area contributed by atoms with Crippen molar-refractivity contribution in [3.63, 3.8) is 0 Å². The fourth-order valence-electron chi connectivity index (χ4n) is 3.48. The van der Waals surface area contributed by atoms with Crippen molar-refractivity contribution in [3.05, 3.63) is 24.3 Å². The molecule has 0 aliphatic carbocycles. The van der Waals surface area contributed by atoms with E-state index in [0.29, 0.717) is 6.54 Å². The number of anilines is 2. The first-order chi connectivity index (χ1) is 12.2. The molecule has 1 unspecified atom stereocenters. The predicted octanol–water partition coefficient (Wildman–Crippen LogP) is 2.89. The first-order valence-electron chi connectivity index (χ1n) is 9.34. The molecule has 0 saturated carbocycles. The average molecular weight is 417 g/mol. The van der Waals surface area contributed by atoms with Crippen molar-refractivity contribution in [2.24, 2.45) is 5.92 Å². The molecule has 2 amide bonds. The summed E-state index contributed by atoms with van der Waals surface area (Å²) in [6, 6.07) is 7.35. The van der Waals surface area contributed by atoms with Crippen molar-refractivity contribution in [1.82, 2.24) is 10.2 Å². The predicted molar refractivity (Wildman–Crippen MR) is 114 cm³/mol. The van der Waals surface area contributed by atoms with Crippen LogP contribution in [0.3, 0.4) is 0 Å². The monoisotopic (exact) mass is 416 g/mol. The molecule has 152 valence electrons. The van der Waals surface area contributed by atoms with Gasteiger partial charge in [0.1, 0.15) is 0 Å². The zero-order chi connectivity index (χ0) is 17.5. The molecule has 0 spiro atoms. The highest BCUT2D eigenvalue weighted by Crippen LogP contribution is 2.17. The summed E-state index contributed by atoms with van der Waals surface area (Å²) in [4.78, 5) is 26.5. The molecule has 2 fully saturated rings. The van der Waals surface area contributed by atoms with Crippen LogP contribution >= 0.6 is 24.8 Å². The van der Waals surface area contributed by atoms with E-state index >= 15 is 0 Å². The Morgan fingerprint density at radius 2 is 1.59 bits per heavy atom. The van der Waals surface area contributed by atoms with Gasteiger partial charge < -0.3 is 16.0 Å². The second-order valence-corrected chi connectivity index (χ2v) is 6.99. The Balaban J connectivity index is 0.00000182. The minimum Gasteiger partial charge on any atom is -0.326 e. The van der Waals surface area contributed by atoms with Gasteiger partial charge in [-0.1, -0.05) is 6.42 Å². The molecule has 3 rings (SSSR count). The highest BCUT2D eigenvalue weighted by molar-refractivity contribution is 5.94. The number of carbonyl (C=O) groups is 2. The molecule has 3 N–H and O–H groups in total. The van der Waals surface area contributed by atoms with Crippen LogP contribution in [0.1, 0.15) is 32.1 Å². The standard InChI is InChI=1S/C19H28N4O2.2ClH/c24-18(14-23-11-2-1-3-12-23)21-16-6-8-17(9-7-16)22-19(25)15-5-4-10-20-13-15;;/h6-9,15,20H,1-5,10-14H2,(H,21,24)(H,22,25);2*1H. The van der Waals surface area contributed by atoms with Crippen molar-refractivity contribution in [3.8, 4) is 0 Å². The van der Waals surface area contributed by atoms with Crippen molar-refractivity contribution in [2.75, 3.05) is 43.4 Å². The van der Waals surface area contributed by atoms with Crippen molar-refractivity contribution < 1.29 is 9.59 Å². The van der Waals surface area contributed by atoms with E-state index in [4.69, 9.17) is 0 Å². The van der Waals surface area contributed by atoms with Crippen LogP contribution in [0.25, 0.3) is 0 Å². The molecule has 0 radical (unpaired) electrons. The Morgan fingerprint density at radius 3 is 2.19 bits per heavy atom. The largest absolute Gasteiger partial charge is 0.326 e. The SMILES string of the molecule is Cl.Cl.O=C(CN1CCCCC1)Nc1ccc(NC(=O)C2CCCNC2)cc1. The van der Waals surface area contributed by atoms with Crippen molar-refractivity contribution in [2.45, 2.75) is 32.1 Å². The number of likely N-dealkylation sites (tertiary alicyclic amines) is 1. The van der Waals surface area contributed by atoms with Crippen molar-refractivity contribution >= 4 is 48.0 Å². The van der Waals surface area contributed by atoms with E-state index in [1.54, 1.807) is 0 Å². The van der Waals surface area contributed by atoms with E-state index in [1.165, 1.54) is 19.3 Å². The van der Waals surface area contributed by atoms with E-state index in [1.807, 2.05) is 24.3 Å². The Morgan fingerprint density at radius 1 is 0.963 bits per heavy atom. The smallest absolute Gasteiger partial charge is 0.238 e. The summed E-state index contributed by atoms with van der Waals surface area (Å²) in [5, 5.41) is 9.14. The third-order valence-electron chi connectivity index (χ3n) is 4.92. The lowest BCUT2D eigenvalue weighted by Crippen LogP contribution is -2.37. The number of nitrogens with zero attached hydrogens (tertiary/aromatic N) is 1. The van der Waals surface area contributed by atoms with Crippen LogP contribution in [-0.4, -0.2) is 49.4 Å². The maximum absolute atomic E-state index is 12.2. The van der Waals surface area contributed by atoms with Gasteiger partial charge in [-0.2, -0.15) is 0 Å². The van der Waals surface area contributed by atoms with Gasteiger partial charge in [0.05, 0.1) is 12.5 Å². The third kappa shape index (κ3) is 7.66. The van der Waals surface area contributed by atoms with E-state index in [-0.39, 0.29) is 42.5 Å². The molecule has 27 heavy (non-hydrogen) atoms. The number of hydrogen-bond acceptors (Lipinski definition) is 4. The van der Waals surface area contributed by atoms with Crippen LogP contribution in [0.4, 0.5) is 11.4 Å². The summed E-state index contributed by atoms with van der Waals surface area (Å²) in [6.07, 6.45) is 5.60. The van der Waals surface area contributed by atoms with Gasteiger partial charge in [-0.3, -0.25) is 14.5 Å². The van der Waals surface area contributed by atoms with Gasteiger partial charge in [0.25, 0.3) is 0 Å². The fourth-order valence-corrected chi connectivity index (χ4v) is 3.48. The Kier molecular flexibility index (Phi) is 10.7. The molecule has 1 atom stereocenters. The van der Waals surface area contributed by atoms with Crippen LogP contribution in [0.5, 0.6) is 0 Å². The number of piperidine rings is 2. The lowest BCUT2D eigenvalue weighted by molar-refractivity contribution is -0.120. The summed E-state index contributed by atoms with van der Waals surface area (Å²) in [7, 11) is 0. The summed E-state index contributed by atoms with van der Waals surface area (Å²) in [5.41, 5.74) is 1.53. The zero-order valence-corrected chi connectivity index (χ0v) is 17.2. The van der Waals surface area contributed by atoms with Gasteiger partial charge >= 0.3 is 0 Å². The molecule has 8 heteroatoms. The van der Waals surface area contributed by atoms with Crippen LogP contribution in [0.2, 0.25) is 0 Å². The molecular weight excluding hydrogens is 387 g/mol. The molecule has 1 aromatic rings. The van der Waals surface area contributed by atoms with Gasteiger partial charge in [-0.15, -0.1) is 24.8 Å². The third-order valence-corrected chi connectivity index (χ3v) is 4.92. The van der Waals surface area contributed by atoms with E-state index in [0.717, 1.165) is 50.4 Å². The highest BCUT2D eigenvalue weighted by atomic mass is 35.5. The number of halogens is 2. The van der Waals surface area contributed by atoms with Crippen LogP contribution in [0, 0.1) is 5.92 Å². The topological polar surface area (TPSA) is 73.5 Å². The Bertz CT molecular complexity index is 586. The normalized spacial score (nSPS) is 19.9. The molecule has 0 bridgehead atoms. The lowest BCUT2D eigenvalue weighted by Gasteiger charge is -2.25. The number of carbonyl (C=O) groups excluding carboxylic acids is 2. The summed E-state index contributed by atoms with van der Waals surface area (Å²) < 4.78 is 0. The maximum atomic E-state index is 12.2. The number of hydrogen-bond donors (Lipinski definition) is 3. The Hall–Kier alpha value is -1.34. The van der Waals surface area contributed by atoms with Gasteiger partial charge in [0.15, 0.2) is 0 Å². The molecule has 2 aliphatic heterocycles. The van der Waals surface area contributed by atoms with Gasteiger partial charge in [0, 0.05) is 17.9 Å². The quantitative estimate of drug-likeness (QED) is 0.689. The zero-order valence-electron chi connectivity index (χ0n) is 15.5. The molecule has 0 aromatic heterocycles. The lowest BCUT2D eigenvalue weighted by atomic mass is 9.99. The minimum atomic E-state index is 0. The van der Waals surface area contributed by atoms with E-state index in [2.05, 4.69) is 20.9 Å². The molecule has 2 saturated heterocycles. The number of rotatable bonds is 5. The van der Waals surface area contributed by atoms with Crippen LogP contribution in [-0.2, 0) is 9.59 Å². The second kappa shape index (κ2) is 12.2. The van der Waals surface area contributed by atoms with Gasteiger partial charge in [-0.05, 0) is 69.6 Å². The first kappa shape index (κ1) is 23.7. The minimum absolute atomic E-state index is 0. The summed E-state index contributed by atoms with van der Waals surface area (Å²) >= 11 is 0. The number of nitrogens with one attached hydrogen (secondary N) is 3. The summed E-state index contributed by atoms with van der Waals surface area (Å²) in [6.45, 7) is 4.21. The van der Waals surface area contributed by atoms with E-state index in [9.17, 15) is 9.59 Å². The number of benzene rings is 1. The van der Waals surface area contributed by atoms with E-state index < -0.39 is 0 Å². The summed E-state index contributed by atoms with van der Waals surface area (Å²) in [5.74, 6) is 0.124. The van der Waals surface area contributed by atoms with Crippen molar-refractivity contribution in [1.29, 1.82) is 0 Å². The Labute approximate surface area is 173 Å². The van der Waals surface area contributed by atoms with Crippen LogP contribution < -0.4 is 16.0 Å². The van der Waals surface area contributed by atoms with Gasteiger partial charge in [-0.25, -0.2) is 0 Å². The van der Waals surface area contributed by atoms with Gasteiger partial charge in [0.2, 0.25) is 11.8 Å². The second-order valence-electron chi connectivity index (χ2n) is 6.99. The fraction of sp³-hybridized carbons (Fsp3) is 0.579. The maximum Gasteiger partial charge on any atom is 0.238 e. The number of amides is 2. The molecular formula is C19H30Cl2N4O2. The average Bonchev–Trinajstić information content (AvgIpc) is 2.65. The van der Waals surface area contributed by atoms with Crippen LogP contribution in [0.15, 0.2) is 24.3 Å². The molecule has 6 nitrogen and oxygen atoms in total. The molecule has 2 aliphatic rings. The molecule has 2 heterocycles. The highest BCUT2D eigenvalue weighted by Gasteiger charge is 2.20.